The third kappa shape index (κ3) is 3.29. The summed E-state index contributed by atoms with van der Waals surface area (Å²) < 4.78 is 5.51. The topological polar surface area (TPSA) is 70.8 Å². The minimum Gasteiger partial charge on any atom is -0.503 e. The van der Waals surface area contributed by atoms with E-state index in [0.717, 1.165) is 5.56 Å². The number of nitrogens with zero attached hydrogens (tertiary/aromatic N) is 1. The van der Waals surface area contributed by atoms with E-state index in [1.54, 1.807) is 26.0 Å². The predicted molar refractivity (Wildman–Crippen MR) is 104 cm³/mol. The highest BCUT2D eigenvalue weighted by molar-refractivity contribution is 6.16. The summed E-state index contributed by atoms with van der Waals surface area (Å²) in [5.41, 5.74) is 1.80. The van der Waals surface area contributed by atoms with E-state index in [-0.39, 0.29) is 22.7 Å². The largest absolute Gasteiger partial charge is 0.503 e. The number of hydrogen-bond donors (Lipinski definition) is 1. The molecule has 0 saturated heterocycles. The van der Waals surface area contributed by atoms with Gasteiger partial charge in [-0.3, -0.25) is 14.5 Å². The van der Waals surface area contributed by atoms with Crippen molar-refractivity contribution in [3.63, 3.8) is 0 Å². The molecule has 1 aliphatic rings. The molecule has 3 rings (SSSR count). The Morgan fingerprint density at radius 1 is 1.15 bits per heavy atom. The smallest absolute Gasteiger partial charge is 0.294 e. The van der Waals surface area contributed by atoms with Crippen LogP contribution in [-0.2, 0) is 15.0 Å². The zero-order chi connectivity index (χ0) is 19.9. The molecule has 1 N–H and O–H groups in total. The van der Waals surface area contributed by atoms with Crippen LogP contribution in [0.5, 0.6) is 0 Å². The van der Waals surface area contributed by atoms with Crippen molar-refractivity contribution in [3.05, 3.63) is 65.3 Å². The molecule has 142 valence electrons. The molecule has 0 spiro atoms. The van der Waals surface area contributed by atoms with E-state index in [1.807, 2.05) is 24.3 Å². The standard InChI is InChI=1S/C22H25NO4/c1-13(2)19(24)17-18(16-7-6-12-27-16)23(21(26)20(17)25)15-10-8-14(9-11-15)22(3,4)5/h6-13,18,25H,1-5H3. The van der Waals surface area contributed by atoms with Gasteiger partial charge in [0.05, 0.1) is 11.8 Å². The fraction of sp³-hybridized carbons (Fsp3) is 0.364. The van der Waals surface area contributed by atoms with Gasteiger partial charge in [0.2, 0.25) is 0 Å². The molecule has 0 saturated carbocycles. The van der Waals surface area contributed by atoms with Crippen LogP contribution >= 0.6 is 0 Å². The minimum absolute atomic E-state index is 0.0207. The number of aliphatic hydroxyl groups excluding tert-OH is 1. The van der Waals surface area contributed by atoms with Crippen molar-refractivity contribution in [2.75, 3.05) is 4.90 Å². The van der Waals surface area contributed by atoms with Crippen molar-refractivity contribution in [1.82, 2.24) is 0 Å². The maximum absolute atomic E-state index is 12.9. The van der Waals surface area contributed by atoms with Crippen LogP contribution in [0.15, 0.2) is 58.4 Å². The van der Waals surface area contributed by atoms with Crippen LogP contribution in [0.25, 0.3) is 0 Å². The Morgan fingerprint density at radius 3 is 2.26 bits per heavy atom. The molecule has 5 heteroatoms. The van der Waals surface area contributed by atoms with Crippen LogP contribution in [0, 0.1) is 5.92 Å². The lowest BCUT2D eigenvalue weighted by Crippen LogP contribution is -2.31. The number of hydrogen-bond acceptors (Lipinski definition) is 4. The van der Waals surface area contributed by atoms with Crippen molar-refractivity contribution in [2.24, 2.45) is 5.92 Å². The Hall–Kier alpha value is -2.82. The molecular weight excluding hydrogens is 342 g/mol. The first-order chi connectivity index (χ1) is 12.6. The van der Waals surface area contributed by atoms with Gasteiger partial charge in [0, 0.05) is 11.6 Å². The van der Waals surface area contributed by atoms with Crippen LogP contribution < -0.4 is 4.90 Å². The number of ketones is 1. The number of benzene rings is 1. The van der Waals surface area contributed by atoms with Gasteiger partial charge in [0.1, 0.15) is 11.8 Å². The summed E-state index contributed by atoms with van der Waals surface area (Å²) >= 11 is 0. The number of carbonyl (C=O) groups excluding carboxylic acids is 2. The van der Waals surface area contributed by atoms with E-state index >= 15 is 0 Å². The van der Waals surface area contributed by atoms with Gasteiger partial charge in [0.25, 0.3) is 5.91 Å². The summed E-state index contributed by atoms with van der Waals surface area (Å²) in [6.45, 7) is 9.82. The van der Waals surface area contributed by atoms with E-state index in [2.05, 4.69) is 20.8 Å². The average Bonchev–Trinajstić information content (AvgIpc) is 3.21. The lowest BCUT2D eigenvalue weighted by molar-refractivity contribution is -0.119. The molecule has 0 radical (unpaired) electrons. The minimum atomic E-state index is -0.775. The normalized spacial score (nSPS) is 17.9. The van der Waals surface area contributed by atoms with E-state index in [1.165, 1.54) is 11.2 Å². The molecule has 1 atom stereocenters. The maximum atomic E-state index is 12.9. The fourth-order valence-electron chi connectivity index (χ4n) is 3.27. The molecule has 27 heavy (non-hydrogen) atoms. The predicted octanol–water partition coefficient (Wildman–Crippen LogP) is 4.70. The highest BCUT2D eigenvalue weighted by Crippen LogP contribution is 2.42. The highest BCUT2D eigenvalue weighted by atomic mass is 16.3. The molecule has 2 aromatic rings. The zero-order valence-electron chi connectivity index (χ0n) is 16.3. The Morgan fingerprint density at radius 2 is 1.78 bits per heavy atom. The van der Waals surface area contributed by atoms with Crippen LogP contribution in [0.4, 0.5) is 5.69 Å². The van der Waals surface area contributed by atoms with E-state index < -0.39 is 17.7 Å². The molecule has 0 fully saturated rings. The third-order valence-electron chi connectivity index (χ3n) is 4.82. The van der Waals surface area contributed by atoms with Gasteiger partial charge in [-0.1, -0.05) is 46.8 Å². The summed E-state index contributed by atoms with van der Waals surface area (Å²) in [4.78, 5) is 27.0. The molecule has 1 aromatic heterocycles. The van der Waals surface area contributed by atoms with Crippen LogP contribution in [0.2, 0.25) is 0 Å². The number of amides is 1. The van der Waals surface area contributed by atoms with Crippen molar-refractivity contribution >= 4 is 17.4 Å². The maximum Gasteiger partial charge on any atom is 0.294 e. The van der Waals surface area contributed by atoms with Crippen molar-refractivity contribution in [2.45, 2.75) is 46.1 Å². The SMILES string of the molecule is CC(C)C(=O)C1=C(O)C(=O)N(c2ccc(C(C)(C)C)cc2)C1c1ccco1. The van der Waals surface area contributed by atoms with Crippen LogP contribution in [0.1, 0.15) is 52.0 Å². The summed E-state index contributed by atoms with van der Waals surface area (Å²) in [5, 5.41) is 10.5. The second kappa shape index (κ2) is 6.72. The molecule has 1 aliphatic heterocycles. The summed E-state index contributed by atoms with van der Waals surface area (Å²) in [5.74, 6) is -1.28. The van der Waals surface area contributed by atoms with Gasteiger partial charge in [-0.15, -0.1) is 0 Å². The fourth-order valence-corrected chi connectivity index (χ4v) is 3.27. The number of anilines is 1. The van der Waals surface area contributed by atoms with Crippen molar-refractivity contribution in [3.8, 4) is 0 Å². The van der Waals surface area contributed by atoms with Gasteiger partial charge >= 0.3 is 0 Å². The van der Waals surface area contributed by atoms with Gasteiger partial charge in [-0.05, 0) is 35.2 Å². The number of furan rings is 1. The molecule has 5 nitrogen and oxygen atoms in total. The van der Waals surface area contributed by atoms with Crippen LogP contribution in [0.3, 0.4) is 0 Å². The number of Topliss-reactive ketones (excluding diaryl/α,β-unsaturated/α-hetero) is 1. The molecular formula is C22H25NO4. The molecule has 0 bridgehead atoms. The zero-order valence-corrected chi connectivity index (χ0v) is 16.3. The Balaban J connectivity index is 2.10. The Labute approximate surface area is 159 Å². The Kier molecular flexibility index (Phi) is 4.72. The first-order valence-corrected chi connectivity index (χ1v) is 9.07. The lowest BCUT2D eigenvalue weighted by Gasteiger charge is -2.26. The monoisotopic (exact) mass is 367 g/mol. The van der Waals surface area contributed by atoms with Crippen molar-refractivity contribution in [1.29, 1.82) is 0 Å². The number of aliphatic hydroxyl groups is 1. The van der Waals surface area contributed by atoms with Gasteiger partial charge < -0.3 is 9.52 Å². The average molecular weight is 367 g/mol. The number of carbonyl (C=O) groups is 2. The summed E-state index contributed by atoms with van der Waals surface area (Å²) in [6.07, 6.45) is 1.49. The lowest BCUT2D eigenvalue weighted by atomic mass is 9.87. The Bertz CT molecular complexity index is 883. The highest BCUT2D eigenvalue weighted by Gasteiger charge is 2.46. The van der Waals surface area contributed by atoms with E-state index in [4.69, 9.17) is 4.42 Å². The quantitative estimate of drug-likeness (QED) is 0.850. The van der Waals surface area contributed by atoms with Gasteiger partial charge in [-0.2, -0.15) is 0 Å². The first-order valence-electron chi connectivity index (χ1n) is 9.07. The molecule has 2 heterocycles. The third-order valence-corrected chi connectivity index (χ3v) is 4.82. The molecule has 1 aromatic carbocycles. The van der Waals surface area contributed by atoms with Crippen molar-refractivity contribution < 1.29 is 19.1 Å². The molecule has 1 unspecified atom stereocenters. The first kappa shape index (κ1) is 19.0. The summed E-state index contributed by atoms with van der Waals surface area (Å²) in [6, 6.07) is 10.2. The number of rotatable bonds is 4. The summed E-state index contributed by atoms with van der Waals surface area (Å²) in [7, 11) is 0. The van der Waals surface area contributed by atoms with Gasteiger partial charge in [-0.25, -0.2) is 0 Å². The second-order valence-corrected chi connectivity index (χ2v) is 8.17. The van der Waals surface area contributed by atoms with E-state index in [0.29, 0.717) is 11.4 Å². The molecule has 1 amide bonds. The van der Waals surface area contributed by atoms with E-state index in [9.17, 15) is 14.7 Å². The molecule has 0 aliphatic carbocycles. The van der Waals surface area contributed by atoms with Crippen LogP contribution in [-0.4, -0.2) is 16.8 Å². The van der Waals surface area contributed by atoms with Gasteiger partial charge in [0.15, 0.2) is 11.5 Å². The second-order valence-electron chi connectivity index (χ2n) is 8.17.